The van der Waals surface area contributed by atoms with Crippen molar-refractivity contribution in [1.82, 2.24) is 0 Å². The monoisotopic (exact) mass is 368 g/mol. The van der Waals surface area contributed by atoms with Crippen molar-refractivity contribution in [3.05, 3.63) is 58.1 Å². The lowest BCUT2D eigenvalue weighted by molar-refractivity contribution is -0.142. The smallest absolute Gasteiger partial charge is 0.166 e. The molecule has 0 N–H and O–H groups in total. The number of alkyl halides is 6. The average Bonchev–Trinajstić information content (AvgIpc) is 2.37. The fourth-order valence-corrected chi connectivity index (χ4v) is 2.22. The van der Waals surface area contributed by atoms with Gasteiger partial charge in [-0.25, -0.2) is 0 Å². The molecule has 112 valence electrons. The number of hydrogen-bond donors (Lipinski definition) is 0. The maximum atomic E-state index is 13.0. The fraction of sp³-hybridized carbons (Fsp3) is 0.143. The zero-order chi connectivity index (χ0) is 15.8. The first-order chi connectivity index (χ1) is 9.60. The lowest BCUT2D eigenvalue weighted by Crippen LogP contribution is -2.14. The predicted molar refractivity (Wildman–Crippen MR) is 69.6 cm³/mol. The van der Waals surface area contributed by atoms with E-state index in [1.54, 1.807) is 0 Å². The van der Waals surface area contributed by atoms with Gasteiger partial charge in [0.2, 0.25) is 0 Å². The lowest BCUT2D eigenvalue weighted by atomic mass is 9.93. The quantitative estimate of drug-likeness (QED) is 0.529. The molecule has 0 atom stereocenters. The molecule has 21 heavy (non-hydrogen) atoms. The van der Waals surface area contributed by atoms with E-state index >= 15 is 0 Å². The van der Waals surface area contributed by atoms with Crippen molar-refractivity contribution < 1.29 is 26.3 Å². The molecule has 7 heteroatoms. The van der Waals surface area contributed by atoms with Crippen molar-refractivity contribution in [3.8, 4) is 11.1 Å². The van der Waals surface area contributed by atoms with E-state index in [0.29, 0.717) is 16.6 Å². The highest BCUT2D eigenvalue weighted by Gasteiger charge is 2.40. The molecular formula is C14H7BrF6. The highest BCUT2D eigenvalue weighted by Crippen LogP contribution is 2.44. The van der Waals surface area contributed by atoms with E-state index in [1.807, 2.05) is 0 Å². The molecule has 0 heterocycles. The molecular weight excluding hydrogens is 362 g/mol. The average molecular weight is 369 g/mol. The Balaban J connectivity index is 2.79. The summed E-state index contributed by atoms with van der Waals surface area (Å²) in [6.07, 6.45) is -9.74. The molecule has 0 amide bonds. The van der Waals surface area contributed by atoms with Crippen LogP contribution in [-0.4, -0.2) is 0 Å². The summed E-state index contributed by atoms with van der Waals surface area (Å²) in [4.78, 5) is 0. The number of halogens is 7. The van der Waals surface area contributed by atoms with Crippen molar-refractivity contribution in [3.63, 3.8) is 0 Å². The van der Waals surface area contributed by atoms with Crippen LogP contribution in [0.1, 0.15) is 11.1 Å². The molecule has 0 aliphatic heterocycles. The molecule has 0 aromatic heterocycles. The molecule has 0 unspecified atom stereocenters. The van der Waals surface area contributed by atoms with Gasteiger partial charge in [-0.1, -0.05) is 34.1 Å². The second-order valence-corrected chi connectivity index (χ2v) is 5.15. The molecule has 0 nitrogen and oxygen atoms in total. The van der Waals surface area contributed by atoms with Gasteiger partial charge in [-0.3, -0.25) is 0 Å². The Morgan fingerprint density at radius 1 is 0.667 bits per heavy atom. The molecule has 0 saturated heterocycles. The minimum absolute atomic E-state index is 0.140. The van der Waals surface area contributed by atoms with Crippen LogP contribution in [-0.2, 0) is 12.4 Å². The third kappa shape index (κ3) is 3.40. The third-order valence-corrected chi connectivity index (χ3v) is 3.34. The molecule has 0 bridgehead atoms. The molecule has 0 radical (unpaired) electrons. The van der Waals surface area contributed by atoms with E-state index in [0.717, 1.165) is 6.07 Å². The summed E-state index contributed by atoms with van der Waals surface area (Å²) < 4.78 is 78.6. The fourth-order valence-electron chi connectivity index (χ4n) is 1.95. The number of benzene rings is 2. The highest BCUT2D eigenvalue weighted by molar-refractivity contribution is 9.10. The lowest BCUT2D eigenvalue weighted by Gasteiger charge is -2.18. The number of rotatable bonds is 1. The van der Waals surface area contributed by atoms with Gasteiger partial charge in [-0.2, -0.15) is 26.3 Å². The SMILES string of the molecule is FC(F)(F)c1cccc(C(F)(F)F)c1-c1ccc(Br)cc1. The largest absolute Gasteiger partial charge is 0.417 e. The van der Waals surface area contributed by atoms with Gasteiger partial charge in [0.05, 0.1) is 11.1 Å². The van der Waals surface area contributed by atoms with E-state index in [9.17, 15) is 26.3 Å². The van der Waals surface area contributed by atoms with Gasteiger partial charge in [0.25, 0.3) is 0 Å². The van der Waals surface area contributed by atoms with Gasteiger partial charge in [0.1, 0.15) is 0 Å². The van der Waals surface area contributed by atoms with Crippen LogP contribution < -0.4 is 0 Å². The van der Waals surface area contributed by atoms with Crippen molar-refractivity contribution in [2.45, 2.75) is 12.4 Å². The summed E-state index contributed by atoms with van der Waals surface area (Å²) >= 11 is 3.09. The Labute approximate surface area is 124 Å². The second kappa shape index (κ2) is 5.36. The van der Waals surface area contributed by atoms with Crippen LogP contribution in [0.4, 0.5) is 26.3 Å². The molecule has 2 rings (SSSR count). The van der Waals surface area contributed by atoms with E-state index in [2.05, 4.69) is 15.9 Å². The van der Waals surface area contributed by atoms with Crippen LogP contribution in [0.25, 0.3) is 11.1 Å². The topological polar surface area (TPSA) is 0 Å². The minimum Gasteiger partial charge on any atom is -0.166 e. The summed E-state index contributed by atoms with van der Waals surface area (Å²) in [5.74, 6) is 0. The normalized spacial score (nSPS) is 12.5. The second-order valence-electron chi connectivity index (χ2n) is 4.23. The Hall–Kier alpha value is -1.50. The zero-order valence-electron chi connectivity index (χ0n) is 10.2. The molecule has 2 aromatic carbocycles. The van der Waals surface area contributed by atoms with Crippen LogP contribution in [0.15, 0.2) is 46.9 Å². The maximum Gasteiger partial charge on any atom is 0.417 e. The van der Waals surface area contributed by atoms with Gasteiger partial charge in [0.15, 0.2) is 0 Å². The molecule has 0 spiro atoms. The molecule has 0 aliphatic carbocycles. The van der Waals surface area contributed by atoms with Crippen molar-refractivity contribution in [2.24, 2.45) is 0 Å². The van der Waals surface area contributed by atoms with Crippen LogP contribution >= 0.6 is 15.9 Å². The molecule has 0 saturated carbocycles. The predicted octanol–water partition coefficient (Wildman–Crippen LogP) is 6.15. The summed E-state index contributed by atoms with van der Waals surface area (Å²) in [6.45, 7) is 0. The molecule has 0 aliphatic rings. The summed E-state index contributed by atoms with van der Waals surface area (Å²) in [6, 6.07) is 7.26. The summed E-state index contributed by atoms with van der Waals surface area (Å²) in [5, 5.41) is 0. The van der Waals surface area contributed by atoms with Crippen molar-refractivity contribution >= 4 is 15.9 Å². The third-order valence-electron chi connectivity index (χ3n) is 2.81. The van der Waals surface area contributed by atoms with Gasteiger partial charge in [-0.05, 0) is 29.8 Å². The Bertz CT molecular complexity index is 608. The highest BCUT2D eigenvalue weighted by atomic mass is 79.9. The van der Waals surface area contributed by atoms with Crippen molar-refractivity contribution in [1.29, 1.82) is 0 Å². The van der Waals surface area contributed by atoms with Gasteiger partial charge in [0, 0.05) is 10.0 Å². The van der Waals surface area contributed by atoms with Crippen LogP contribution in [0.2, 0.25) is 0 Å². The van der Waals surface area contributed by atoms with Gasteiger partial charge in [-0.15, -0.1) is 0 Å². The van der Waals surface area contributed by atoms with Crippen LogP contribution in [0.3, 0.4) is 0 Å². The van der Waals surface area contributed by atoms with Crippen LogP contribution in [0.5, 0.6) is 0 Å². The Kier molecular flexibility index (Phi) is 4.06. The first kappa shape index (κ1) is 15.9. The van der Waals surface area contributed by atoms with Gasteiger partial charge >= 0.3 is 12.4 Å². The number of hydrogen-bond acceptors (Lipinski definition) is 0. The summed E-state index contributed by atoms with van der Waals surface area (Å²) in [5.41, 5.74) is -3.61. The van der Waals surface area contributed by atoms with Crippen LogP contribution in [0, 0.1) is 0 Å². The van der Waals surface area contributed by atoms with E-state index in [4.69, 9.17) is 0 Å². The van der Waals surface area contributed by atoms with E-state index < -0.39 is 29.0 Å². The van der Waals surface area contributed by atoms with Crippen molar-refractivity contribution in [2.75, 3.05) is 0 Å². The Morgan fingerprint density at radius 3 is 1.48 bits per heavy atom. The molecule has 2 aromatic rings. The first-order valence-electron chi connectivity index (χ1n) is 5.64. The van der Waals surface area contributed by atoms with E-state index in [1.165, 1.54) is 24.3 Å². The standard InChI is InChI=1S/C14H7BrF6/c15-9-6-4-8(5-7-9)12-10(13(16,17)18)2-1-3-11(12)14(19,20)21/h1-7H. The molecule has 0 fully saturated rings. The maximum absolute atomic E-state index is 13.0. The first-order valence-corrected chi connectivity index (χ1v) is 6.43. The Morgan fingerprint density at radius 2 is 1.10 bits per heavy atom. The minimum atomic E-state index is -4.87. The zero-order valence-corrected chi connectivity index (χ0v) is 11.8. The van der Waals surface area contributed by atoms with E-state index in [-0.39, 0.29) is 5.56 Å². The van der Waals surface area contributed by atoms with Gasteiger partial charge < -0.3 is 0 Å². The summed E-state index contributed by atoms with van der Waals surface area (Å²) in [7, 11) is 0.